The molecule has 21 heavy (non-hydrogen) atoms. The third kappa shape index (κ3) is 4.76. The molecule has 0 bridgehead atoms. The van der Waals surface area contributed by atoms with E-state index in [4.69, 9.17) is 4.74 Å². The summed E-state index contributed by atoms with van der Waals surface area (Å²) in [6.07, 6.45) is 0.182. The van der Waals surface area contributed by atoms with Crippen LogP contribution in [0.1, 0.15) is 17.8 Å². The van der Waals surface area contributed by atoms with Gasteiger partial charge in [0.05, 0.1) is 13.0 Å². The first-order valence-corrected chi connectivity index (χ1v) is 6.60. The minimum Gasteiger partial charge on any atom is -0.493 e. The molecule has 110 valence electrons. The average Bonchev–Trinajstić information content (AvgIpc) is 2.39. The Morgan fingerprint density at radius 2 is 2.00 bits per heavy atom. The smallest absolute Gasteiger partial charge is 0.252 e. The molecule has 0 saturated heterocycles. The maximum atomic E-state index is 11.7. The number of hydrogen-bond acceptors (Lipinski definition) is 4. The normalized spacial score (nSPS) is 10.2. The zero-order valence-electron chi connectivity index (χ0n) is 12.0. The number of hydrogen-bond donors (Lipinski definition) is 2. The van der Waals surface area contributed by atoms with Crippen molar-refractivity contribution < 1.29 is 9.53 Å². The van der Waals surface area contributed by atoms with E-state index in [2.05, 4.69) is 15.3 Å². The highest BCUT2D eigenvalue weighted by molar-refractivity contribution is 5.89. The third-order valence-corrected chi connectivity index (χ3v) is 2.75. The number of benzene rings is 1. The number of carbonyl (C=O) groups excluding carboxylic acids is 1. The van der Waals surface area contributed by atoms with Gasteiger partial charge in [0.15, 0.2) is 0 Å². The Balaban J connectivity index is 1.82. The molecule has 1 amide bonds. The Morgan fingerprint density at radius 1 is 1.29 bits per heavy atom. The van der Waals surface area contributed by atoms with Crippen molar-refractivity contribution in [3.8, 4) is 5.75 Å². The van der Waals surface area contributed by atoms with E-state index in [-0.39, 0.29) is 30.3 Å². The maximum absolute atomic E-state index is 11.7. The topological polar surface area (TPSA) is 84.1 Å². The van der Waals surface area contributed by atoms with Crippen molar-refractivity contribution in [2.45, 2.75) is 20.3 Å². The van der Waals surface area contributed by atoms with Gasteiger partial charge in [0.1, 0.15) is 17.4 Å². The second kappa shape index (κ2) is 6.69. The molecule has 1 aromatic carbocycles. The summed E-state index contributed by atoms with van der Waals surface area (Å²) >= 11 is 0. The van der Waals surface area contributed by atoms with Gasteiger partial charge in [-0.1, -0.05) is 17.7 Å². The van der Waals surface area contributed by atoms with Crippen molar-refractivity contribution in [1.82, 2.24) is 9.97 Å². The van der Waals surface area contributed by atoms with Crippen LogP contribution in [-0.2, 0) is 4.79 Å². The number of nitrogens with zero attached hydrogens (tertiary/aromatic N) is 1. The Morgan fingerprint density at radius 3 is 2.67 bits per heavy atom. The molecule has 1 heterocycles. The number of rotatable bonds is 5. The van der Waals surface area contributed by atoms with Crippen LogP contribution in [0.15, 0.2) is 35.1 Å². The molecular formula is C15H17N3O3. The van der Waals surface area contributed by atoms with Crippen LogP contribution in [0.5, 0.6) is 5.75 Å². The molecule has 0 saturated carbocycles. The van der Waals surface area contributed by atoms with Crippen molar-refractivity contribution in [1.29, 1.82) is 0 Å². The Kier molecular flexibility index (Phi) is 4.71. The zero-order valence-corrected chi connectivity index (χ0v) is 12.0. The molecule has 0 radical (unpaired) electrons. The summed E-state index contributed by atoms with van der Waals surface area (Å²) in [7, 11) is 0. The highest BCUT2D eigenvalue weighted by Crippen LogP contribution is 2.11. The van der Waals surface area contributed by atoms with Crippen LogP contribution in [0.4, 0.5) is 5.82 Å². The Hall–Kier alpha value is -2.63. The average molecular weight is 287 g/mol. The first kappa shape index (κ1) is 14.8. The van der Waals surface area contributed by atoms with Crippen LogP contribution in [0, 0.1) is 13.8 Å². The Labute approximate surface area is 122 Å². The molecule has 0 unspecified atom stereocenters. The predicted octanol–water partition coefficient (Wildman–Crippen LogP) is 1.79. The van der Waals surface area contributed by atoms with Gasteiger partial charge in [-0.05, 0) is 26.0 Å². The second-order valence-corrected chi connectivity index (χ2v) is 4.68. The molecular weight excluding hydrogens is 270 g/mol. The molecule has 6 heteroatoms. The van der Waals surface area contributed by atoms with Gasteiger partial charge in [-0.25, -0.2) is 4.98 Å². The number of aromatic amines is 1. The van der Waals surface area contributed by atoms with Gasteiger partial charge in [0.2, 0.25) is 5.91 Å². The van der Waals surface area contributed by atoms with Gasteiger partial charge >= 0.3 is 0 Å². The number of ether oxygens (including phenoxy) is 1. The molecule has 2 aromatic rings. The summed E-state index contributed by atoms with van der Waals surface area (Å²) in [6, 6.07) is 8.84. The summed E-state index contributed by atoms with van der Waals surface area (Å²) in [6.45, 7) is 3.91. The summed E-state index contributed by atoms with van der Waals surface area (Å²) < 4.78 is 5.47. The number of H-pyrrole nitrogens is 1. The van der Waals surface area contributed by atoms with Gasteiger partial charge in [-0.3, -0.25) is 9.59 Å². The highest BCUT2D eigenvalue weighted by Gasteiger charge is 2.05. The molecule has 0 atom stereocenters. The van der Waals surface area contributed by atoms with Crippen LogP contribution in [-0.4, -0.2) is 22.5 Å². The number of carbonyl (C=O) groups is 1. The standard InChI is InChI=1S/C15H17N3O3/c1-10-3-5-12(6-4-10)21-8-7-14(19)18-13-9-15(20)17-11(2)16-13/h3-6,9H,7-8H2,1-2H3,(H2,16,17,18,19,20). The van der Waals surface area contributed by atoms with E-state index >= 15 is 0 Å². The minimum absolute atomic E-state index is 0.182. The summed E-state index contributed by atoms with van der Waals surface area (Å²) in [5, 5.41) is 2.57. The van der Waals surface area contributed by atoms with E-state index in [9.17, 15) is 9.59 Å². The lowest BCUT2D eigenvalue weighted by Gasteiger charge is -2.07. The van der Waals surface area contributed by atoms with Crippen molar-refractivity contribution >= 4 is 11.7 Å². The third-order valence-electron chi connectivity index (χ3n) is 2.75. The van der Waals surface area contributed by atoms with Crippen molar-refractivity contribution in [3.05, 3.63) is 52.1 Å². The summed E-state index contributed by atoms with van der Waals surface area (Å²) in [5.74, 6) is 1.17. The lowest BCUT2D eigenvalue weighted by Crippen LogP contribution is -2.19. The zero-order chi connectivity index (χ0) is 15.2. The summed E-state index contributed by atoms with van der Waals surface area (Å²) in [5.41, 5.74) is 0.851. The van der Waals surface area contributed by atoms with Gasteiger partial charge in [-0.2, -0.15) is 0 Å². The molecule has 6 nitrogen and oxygen atoms in total. The fourth-order valence-electron chi connectivity index (χ4n) is 1.74. The number of anilines is 1. The van der Waals surface area contributed by atoms with Crippen LogP contribution in [0.3, 0.4) is 0 Å². The van der Waals surface area contributed by atoms with E-state index in [1.807, 2.05) is 31.2 Å². The monoisotopic (exact) mass is 287 g/mol. The van der Waals surface area contributed by atoms with Crippen LogP contribution in [0.25, 0.3) is 0 Å². The fraction of sp³-hybridized carbons (Fsp3) is 0.267. The van der Waals surface area contributed by atoms with E-state index in [1.54, 1.807) is 6.92 Å². The molecule has 1 aromatic heterocycles. The van der Waals surface area contributed by atoms with E-state index in [1.165, 1.54) is 6.07 Å². The Bertz CT molecular complexity index is 677. The first-order chi connectivity index (χ1) is 10.0. The van der Waals surface area contributed by atoms with Crippen LogP contribution < -0.4 is 15.6 Å². The molecule has 2 N–H and O–H groups in total. The number of aryl methyl sites for hydroxylation is 2. The largest absolute Gasteiger partial charge is 0.493 e. The molecule has 0 aliphatic heterocycles. The lowest BCUT2D eigenvalue weighted by molar-refractivity contribution is -0.116. The van der Waals surface area contributed by atoms with E-state index in [0.29, 0.717) is 5.82 Å². The number of aromatic nitrogens is 2. The fourth-order valence-corrected chi connectivity index (χ4v) is 1.74. The minimum atomic E-state index is -0.297. The van der Waals surface area contributed by atoms with Crippen molar-refractivity contribution in [2.24, 2.45) is 0 Å². The molecule has 2 rings (SSSR count). The molecule has 0 spiro atoms. The van der Waals surface area contributed by atoms with E-state index in [0.717, 1.165) is 11.3 Å². The lowest BCUT2D eigenvalue weighted by atomic mass is 10.2. The first-order valence-electron chi connectivity index (χ1n) is 6.60. The van der Waals surface area contributed by atoms with Crippen molar-refractivity contribution in [3.63, 3.8) is 0 Å². The highest BCUT2D eigenvalue weighted by atomic mass is 16.5. The molecule has 0 fully saturated rings. The van der Waals surface area contributed by atoms with E-state index < -0.39 is 0 Å². The van der Waals surface area contributed by atoms with Crippen molar-refractivity contribution in [2.75, 3.05) is 11.9 Å². The number of nitrogens with one attached hydrogen (secondary N) is 2. The predicted molar refractivity (Wildman–Crippen MR) is 79.5 cm³/mol. The number of amides is 1. The maximum Gasteiger partial charge on any atom is 0.252 e. The van der Waals surface area contributed by atoms with Gasteiger partial charge in [0.25, 0.3) is 5.56 Å². The second-order valence-electron chi connectivity index (χ2n) is 4.68. The summed E-state index contributed by atoms with van der Waals surface area (Å²) in [4.78, 5) is 29.5. The van der Waals surface area contributed by atoms with Crippen LogP contribution >= 0.6 is 0 Å². The quantitative estimate of drug-likeness (QED) is 0.878. The van der Waals surface area contributed by atoms with Gasteiger partial charge < -0.3 is 15.0 Å². The molecule has 0 aliphatic rings. The van der Waals surface area contributed by atoms with Gasteiger partial charge in [0, 0.05) is 6.07 Å². The van der Waals surface area contributed by atoms with Crippen LogP contribution in [0.2, 0.25) is 0 Å². The SMILES string of the molecule is Cc1ccc(OCCC(=O)Nc2cc(=O)[nH]c(C)n2)cc1. The van der Waals surface area contributed by atoms with Gasteiger partial charge in [-0.15, -0.1) is 0 Å². The molecule has 0 aliphatic carbocycles.